The van der Waals surface area contributed by atoms with Gasteiger partial charge in [0, 0.05) is 18.8 Å². The summed E-state index contributed by atoms with van der Waals surface area (Å²) in [5.74, 6) is -0.00747. The molecule has 0 aliphatic heterocycles. The smallest absolute Gasteiger partial charge is 0.251 e. The Bertz CT molecular complexity index is 575. The normalized spacial score (nSPS) is 10.3. The molecule has 0 saturated carbocycles. The SMILES string of the molecule is Cc1cc(O)ccc1C(=O)NCc1ccn(C)n1. The van der Waals surface area contributed by atoms with E-state index >= 15 is 0 Å². The molecule has 0 aliphatic rings. The lowest BCUT2D eigenvalue weighted by Crippen LogP contribution is -2.23. The van der Waals surface area contributed by atoms with Gasteiger partial charge in [-0.3, -0.25) is 9.48 Å². The summed E-state index contributed by atoms with van der Waals surface area (Å²) in [5.41, 5.74) is 2.11. The van der Waals surface area contributed by atoms with Crippen molar-refractivity contribution < 1.29 is 9.90 Å². The Labute approximate surface area is 105 Å². The van der Waals surface area contributed by atoms with E-state index in [2.05, 4.69) is 10.4 Å². The first-order valence-corrected chi connectivity index (χ1v) is 5.62. The van der Waals surface area contributed by atoms with E-state index in [1.807, 2.05) is 19.3 Å². The Morgan fingerprint density at radius 2 is 2.22 bits per heavy atom. The van der Waals surface area contributed by atoms with Gasteiger partial charge in [-0.2, -0.15) is 5.10 Å². The van der Waals surface area contributed by atoms with Crippen molar-refractivity contribution in [3.05, 3.63) is 47.3 Å². The lowest BCUT2D eigenvalue weighted by atomic mass is 10.1. The highest BCUT2D eigenvalue weighted by atomic mass is 16.3. The zero-order valence-electron chi connectivity index (χ0n) is 10.3. The Balaban J connectivity index is 2.03. The van der Waals surface area contributed by atoms with Crippen LogP contribution in [0.15, 0.2) is 30.5 Å². The monoisotopic (exact) mass is 245 g/mol. The highest BCUT2D eigenvalue weighted by Crippen LogP contribution is 2.15. The zero-order chi connectivity index (χ0) is 13.1. The van der Waals surface area contributed by atoms with Gasteiger partial charge in [0.1, 0.15) is 5.75 Å². The second-order valence-electron chi connectivity index (χ2n) is 4.16. The molecule has 1 aromatic carbocycles. The van der Waals surface area contributed by atoms with Crippen molar-refractivity contribution in [1.29, 1.82) is 0 Å². The molecule has 1 amide bonds. The van der Waals surface area contributed by atoms with Crippen LogP contribution in [-0.2, 0) is 13.6 Å². The van der Waals surface area contributed by atoms with Gasteiger partial charge in [-0.25, -0.2) is 0 Å². The largest absolute Gasteiger partial charge is 0.508 e. The molecule has 0 bridgehead atoms. The number of aromatic hydroxyl groups is 1. The van der Waals surface area contributed by atoms with Gasteiger partial charge in [0.15, 0.2) is 0 Å². The summed E-state index contributed by atoms with van der Waals surface area (Å²) in [6.07, 6.45) is 1.83. The van der Waals surface area contributed by atoms with Gasteiger partial charge < -0.3 is 10.4 Å². The minimum absolute atomic E-state index is 0.161. The van der Waals surface area contributed by atoms with E-state index in [1.54, 1.807) is 23.7 Å². The van der Waals surface area contributed by atoms with E-state index in [9.17, 15) is 9.90 Å². The van der Waals surface area contributed by atoms with Crippen LogP contribution in [0.4, 0.5) is 0 Å². The lowest BCUT2D eigenvalue weighted by molar-refractivity contribution is 0.0949. The molecule has 0 aliphatic carbocycles. The van der Waals surface area contributed by atoms with Crippen LogP contribution in [0, 0.1) is 6.92 Å². The molecule has 2 rings (SSSR count). The summed E-state index contributed by atoms with van der Waals surface area (Å²) in [6, 6.07) is 6.53. The summed E-state index contributed by atoms with van der Waals surface area (Å²) >= 11 is 0. The number of carbonyl (C=O) groups is 1. The maximum Gasteiger partial charge on any atom is 0.251 e. The molecule has 94 valence electrons. The Kier molecular flexibility index (Phi) is 3.32. The van der Waals surface area contributed by atoms with Crippen LogP contribution in [0.1, 0.15) is 21.6 Å². The van der Waals surface area contributed by atoms with Crippen LogP contribution in [0.3, 0.4) is 0 Å². The van der Waals surface area contributed by atoms with Crippen LogP contribution in [0.5, 0.6) is 5.75 Å². The minimum Gasteiger partial charge on any atom is -0.508 e. The molecular weight excluding hydrogens is 230 g/mol. The molecule has 0 saturated heterocycles. The second kappa shape index (κ2) is 4.91. The maximum absolute atomic E-state index is 11.9. The lowest BCUT2D eigenvalue weighted by Gasteiger charge is -2.06. The van der Waals surface area contributed by atoms with Gasteiger partial charge in [0.2, 0.25) is 0 Å². The molecule has 2 aromatic rings. The van der Waals surface area contributed by atoms with Crippen molar-refractivity contribution in [2.45, 2.75) is 13.5 Å². The number of nitrogens with one attached hydrogen (secondary N) is 1. The fourth-order valence-corrected chi connectivity index (χ4v) is 1.73. The van der Waals surface area contributed by atoms with E-state index in [1.165, 1.54) is 6.07 Å². The van der Waals surface area contributed by atoms with E-state index in [0.29, 0.717) is 12.1 Å². The zero-order valence-corrected chi connectivity index (χ0v) is 10.3. The number of nitrogens with zero attached hydrogens (tertiary/aromatic N) is 2. The molecule has 5 nitrogen and oxygen atoms in total. The van der Waals surface area contributed by atoms with Crippen molar-refractivity contribution in [2.75, 3.05) is 0 Å². The molecule has 0 fully saturated rings. The van der Waals surface area contributed by atoms with Gasteiger partial charge in [-0.15, -0.1) is 0 Å². The number of phenolic OH excluding ortho intramolecular Hbond substituents is 1. The van der Waals surface area contributed by atoms with Crippen molar-refractivity contribution >= 4 is 5.91 Å². The second-order valence-corrected chi connectivity index (χ2v) is 4.16. The maximum atomic E-state index is 11.9. The number of rotatable bonds is 3. The number of aryl methyl sites for hydroxylation is 2. The van der Waals surface area contributed by atoms with E-state index in [0.717, 1.165) is 11.3 Å². The number of phenols is 1. The van der Waals surface area contributed by atoms with Crippen molar-refractivity contribution in [3.63, 3.8) is 0 Å². The molecule has 0 atom stereocenters. The fourth-order valence-electron chi connectivity index (χ4n) is 1.73. The number of benzene rings is 1. The molecule has 5 heteroatoms. The summed E-state index contributed by atoms with van der Waals surface area (Å²) in [4.78, 5) is 11.9. The number of hydrogen-bond acceptors (Lipinski definition) is 3. The quantitative estimate of drug-likeness (QED) is 0.858. The minimum atomic E-state index is -0.168. The first-order valence-electron chi connectivity index (χ1n) is 5.62. The summed E-state index contributed by atoms with van der Waals surface area (Å²) in [7, 11) is 1.83. The summed E-state index contributed by atoms with van der Waals surface area (Å²) < 4.78 is 1.69. The fraction of sp³-hybridized carbons (Fsp3) is 0.231. The van der Waals surface area contributed by atoms with E-state index in [4.69, 9.17) is 0 Å². The molecule has 1 aromatic heterocycles. The van der Waals surface area contributed by atoms with Gasteiger partial charge in [-0.05, 0) is 36.8 Å². The molecule has 0 unspecified atom stereocenters. The Hall–Kier alpha value is -2.30. The number of aromatic nitrogens is 2. The van der Waals surface area contributed by atoms with Gasteiger partial charge >= 0.3 is 0 Å². The third kappa shape index (κ3) is 2.68. The average Bonchev–Trinajstić information content (AvgIpc) is 2.72. The third-order valence-corrected chi connectivity index (χ3v) is 2.65. The van der Waals surface area contributed by atoms with Gasteiger partial charge in [0.05, 0.1) is 12.2 Å². The topological polar surface area (TPSA) is 67.2 Å². The Morgan fingerprint density at radius 3 is 2.83 bits per heavy atom. The predicted molar refractivity (Wildman–Crippen MR) is 67.2 cm³/mol. The summed E-state index contributed by atoms with van der Waals surface area (Å²) in [5, 5.41) is 16.3. The van der Waals surface area contributed by atoms with Gasteiger partial charge in [0.25, 0.3) is 5.91 Å². The highest BCUT2D eigenvalue weighted by Gasteiger charge is 2.09. The molecule has 2 N–H and O–H groups in total. The average molecular weight is 245 g/mol. The molecular formula is C13H15N3O2. The van der Waals surface area contributed by atoms with Crippen molar-refractivity contribution in [2.24, 2.45) is 7.05 Å². The van der Waals surface area contributed by atoms with Crippen LogP contribution < -0.4 is 5.32 Å². The Morgan fingerprint density at radius 1 is 1.44 bits per heavy atom. The molecule has 1 heterocycles. The number of carbonyl (C=O) groups excluding carboxylic acids is 1. The number of amides is 1. The van der Waals surface area contributed by atoms with Gasteiger partial charge in [-0.1, -0.05) is 0 Å². The first kappa shape index (κ1) is 12.2. The highest BCUT2D eigenvalue weighted by molar-refractivity contribution is 5.95. The standard InChI is InChI=1S/C13H15N3O2/c1-9-7-11(17)3-4-12(9)13(18)14-8-10-5-6-16(2)15-10/h3-7,17H,8H2,1-2H3,(H,14,18). The molecule has 0 radical (unpaired) electrons. The van der Waals surface area contributed by atoms with E-state index < -0.39 is 0 Å². The van der Waals surface area contributed by atoms with Crippen LogP contribution in [0.25, 0.3) is 0 Å². The van der Waals surface area contributed by atoms with Crippen molar-refractivity contribution in [1.82, 2.24) is 15.1 Å². The molecule has 18 heavy (non-hydrogen) atoms. The van der Waals surface area contributed by atoms with E-state index in [-0.39, 0.29) is 11.7 Å². The first-order chi connectivity index (χ1) is 8.56. The third-order valence-electron chi connectivity index (χ3n) is 2.65. The van der Waals surface area contributed by atoms with Crippen LogP contribution >= 0.6 is 0 Å². The number of hydrogen-bond donors (Lipinski definition) is 2. The predicted octanol–water partition coefficient (Wildman–Crippen LogP) is 1.36. The van der Waals surface area contributed by atoms with Crippen molar-refractivity contribution in [3.8, 4) is 5.75 Å². The van der Waals surface area contributed by atoms with Crippen LogP contribution in [0.2, 0.25) is 0 Å². The summed E-state index contributed by atoms with van der Waals surface area (Å²) in [6.45, 7) is 2.18. The molecule has 0 spiro atoms. The van der Waals surface area contributed by atoms with Crippen LogP contribution in [-0.4, -0.2) is 20.8 Å².